The Kier molecular flexibility index (Phi) is 7.15. The standard InChI is InChI=1S/C21H27N5O3/c1-24-13-15-25(16-14-24)12-11-22-21(27)17-3-5-18(6-4-17)26(23-28)19-7-9-20(29-2)10-8-19/h3-10H,11-16H2,1-2H3,(H,22,27). The first-order chi connectivity index (χ1) is 14.1. The Hall–Kier alpha value is -2.97. The maximum atomic E-state index is 12.4. The topological polar surface area (TPSA) is 77.5 Å². The number of likely N-dealkylation sites (N-methyl/N-ethyl adjacent to an activating group) is 1. The van der Waals surface area contributed by atoms with Gasteiger partial charge in [-0.15, -0.1) is 4.91 Å². The van der Waals surface area contributed by atoms with Crippen LogP contribution >= 0.6 is 0 Å². The summed E-state index contributed by atoms with van der Waals surface area (Å²) < 4.78 is 5.13. The van der Waals surface area contributed by atoms with Gasteiger partial charge in [0.25, 0.3) is 5.91 Å². The SMILES string of the molecule is COc1ccc(N(N=O)c2ccc(C(=O)NCCN3CCN(C)CC3)cc2)cc1. The first-order valence-electron chi connectivity index (χ1n) is 9.67. The number of benzene rings is 2. The highest BCUT2D eigenvalue weighted by Crippen LogP contribution is 2.27. The Morgan fingerprint density at radius 2 is 1.62 bits per heavy atom. The van der Waals surface area contributed by atoms with Gasteiger partial charge in [0.2, 0.25) is 0 Å². The van der Waals surface area contributed by atoms with Gasteiger partial charge in [0.15, 0.2) is 0 Å². The van der Waals surface area contributed by atoms with Crippen LogP contribution in [0.4, 0.5) is 11.4 Å². The molecular weight excluding hydrogens is 370 g/mol. The van der Waals surface area contributed by atoms with Crippen molar-refractivity contribution in [2.75, 3.05) is 58.4 Å². The molecule has 1 amide bonds. The van der Waals surface area contributed by atoms with Crippen LogP contribution in [0.25, 0.3) is 0 Å². The molecule has 29 heavy (non-hydrogen) atoms. The van der Waals surface area contributed by atoms with Crippen molar-refractivity contribution in [3.63, 3.8) is 0 Å². The molecule has 1 heterocycles. The molecule has 0 spiro atoms. The zero-order chi connectivity index (χ0) is 20.6. The molecule has 1 N–H and O–H groups in total. The molecule has 0 atom stereocenters. The zero-order valence-electron chi connectivity index (χ0n) is 16.9. The molecule has 0 bridgehead atoms. The number of amides is 1. The van der Waals surface area contributed by atoms with Gasteiger partial charge in [0.1, 0.15) is 5.75 Å². The molecule has 2 aromatic carbocycles. The lowest BCUT2D eigenvalue weighted by Gasteiger charge is -2.32. The highest BCUT2D eigenvalue weighted by Gasteiger charge is 2.14. The van der Waals surface area contributed by atoms with Crippen molar-refractivity contribution in [3.8, 4) is 5.75 Å². The quantitative estimate of drug-likeness (QED) is 0.545. The van der Waals surface area contributed by atoms with E-state index in [2.05, 4.69) is 27.5 Å². The number of hydrogen-bond donors (Lipinski definition) is 1. The summed E-state index contributed by atoms with van der Waals surface area (Å²) in [7, 11) is 3.71. The normalized spacial score (nSPS) is 15.0. The summed E-state index contributed by atoms with van der Waals surface area (Å²) in [6, 6.07) is 13.8. The molecule has 154 valence electrons. The third-order valence-electron chi connectivity index (χ3n) is 5.08. The Labute approximate surface area is 171 Å². The van der Waals surface area contributed by atoms with E-state index in [-0.39, 0.29) is 5.91 Å². The largest absolute Gasteiger partial charge is 0.497 e. The molecule has 0 aliphatic carbocycles. The van der Waals surface area contributed by atoms with E-state index in [9.17, 15) is 9.70 Å². The number of carbonyl (C=O) groups is 1. The van der Waals surface area contributed by atoms with E-state index in [0.29, 0.717) is 29.2 Å². The predicted molar refractivity (Wildman–Crippen MR) is 114 cm³/mol. The van der Waals surface area contributed by atoms with E-state index in [1.165, 1.54) is 5.01 Å². The van der Waals surface area contributed by atoms with Gasteiger partial charge in [-0.3, -0.25) is 9.69 Å². The van der Waals surface area contributed by atoms with Crippen molar-refractivity contribution in [1.29, 1.82) is 0 Å². The number of rotatable bonds is 8. The molecule has 1 aliphatic rings. The Morgan fingerprint density at radius 1 is 1.03 bits per heavy atom. The number of nitrogens with one attached hydrogen (secondary N) is 1. The highest BCUT2D eigenvalue weighted by molar-refractivity contribution is 5.94. The van der Waals surface area contributed by atoms with Crippen LogP contribution in [0.1, 0.15) is 10.4 Å². The Balaban J connectivity index is 1.55. The number of nitrogens with zero attached hydrogens (tertiary/aromatic N) is 4. The molecular formula is C21H27N5O3. The second-order valence-electron chi connectivity index (χ2n) is 7.04. The zero-order valence-corrected chi connectivity index (χ0v) is 16.9. The van der Waals surface area contributed by atoms with Crippen LogP contribution in [0.2, 0.25) is 0 Å². The monoisotopic (exact) mass is 397 g/mol. The van der Waals surface area contributed by atoms with E-state index in [1.54, 1.807) is 55.6 Å². The van der Waals surface area contributed by atoms with Crippen molar-refractivity contribution < 1.29 is 9.53 Å². The van der Waals surface area contributed by atoms with Crippen LogP contribution in [0.3, 0.4) is 0 Å². The summed E-state index contributed by atoms with van der Waals surface area (Å²) in [5.74, 6) is 0.573. The first kappa shape index (κ1) is 20.8. The van der Waals surface area contributed by atoms with Crippen molar-refractivity contribution in [1.82, 2.24) is 15.1 Å². The van der Waals surface area contributed by atoms with E-state index >= 15 is 0 Å². The molecule has 0 aromatic heterocycles. The number of carbonyl (C=O) groups excluding carboxylic acids is 1. The van der Waals surface area contributed by atoms with Crippen molar-refractivity contribution in [3.05, 3.63) is 59.0 Å². The fourth-order valence-corrected chi connectivity index (χ4v) is 3.22. The number of piperazine rings is 1. The van der Waals surface area contributed by atoms with Crippen LogP contribution in [-0.4, -0.2) is 69.1 Å². The lowest BCUT2D eigenvalue weighted by Crippen LogP contribution is -2.46. The first-order valence-corrected chi connectivity index (χ1v) is 9.67. The second kappa shape index (κ2) is 9.99. The summed E-state index contributed by atoms with van der Waals surface area (Å²) in [5, 5.41) is 7.33. The van der Waals surface area contributed by atoms with Gasteiger partial charge in [-0.2, -0.15) is 5.01 Å². The number of hydrogen-bond acceptors (Lipinski definition) is 6. The van der Waals surface area contributed by atoms with Gasteiger partial charge in [0, 0.05) is 44.8 Å². The molecule has 8 heteroatoms. The molecule has 3 rings (SSSR count). The van der Waals surface area contributed by atoms with Crippen LogP contribution in [0.5, 0.6) is 5.75 Å². The average molecular weight is 397 g/mol. The molecule has 0 radical (unpaired) electrons. The van der Waals surface area contributed by atoms with E-state index in [0.717, 1.165) is 32.7 Å². The molecule has 2 aromatic rings. The summed E-state index contributed by atoms with van der Waals surface area (Å²) >= 11 is 0. The predicted octanol–water partition coefficient (Wildman–Crippen LogP) is 2.49. The highest BCUT2D eigenvalue weighted by atomic mass is 16.5. The van der Waals surface area contributed by atoms with Gasteiger partial charge in [0.05, 0.1) is 23.8 Å². The van der Waals surface area contributed by atoms with Gasteiger partial charge in [-0.05, 0) is 55.6 Å². The fraction of sp³-hybridized carbons (Fsp3) is 0.381. The Morgan fingerprint density at radius 3 is 2.17 bits per heavy atom. The van der Waals surface area contributed by atoms with E-state index in [4.69, 9.17) is 4.74 Å². The van der Waals surface area contributed by atoms with Gasteiger partial charge in [-0.25, -0.2) is 0 Å². The van der Waals surface area contributed by atoms with Crippen LogP contribution < -0.4 is 15.1 Å². The smallest absolute Gasteiger partial charge is 0.251 e. The van der Waals surface area contributed by atoms with Crippen LogP contribution in [0.15, 0.2) is 53.8 Å². The fourth-order valence-electron chi connectivity index (χ4n) is 3.22. The molecule has 1 fully saturated rings. The summed E-state index contributed by atoms with van der Waals surface area (Å²) in [4.78, 5) is 28.4. The minimum Gasteiger partial charge on any atom is -0.497 e. The van der Waals surface area contributed by atoms with Crippen molar-refractivity contribution in [2.24, 2.45) is 5.29 Å². The van der Waals surface area contributed by atoms with E-state index in [1.807, 2.05) is 0 Å². The molecule has 1 saturated heterocycles. The van der Waals surface area contributed by atoms with E-state index < -0.39 is 0 Å². The minimum absolute atomic E-state index is 0.124. The lowest BCUT2D eigenvalue weighted by atomic mass is 10.2. The van der Waals surface area contributed by atoms with Crippen LogP contribution in [-0.2, 0) is 0 Å². The molecule has 0 unspecified atom stereocenters. The van der Waals surface area contributed by atoms with Crippen molar-refractivity contribution >= 4 is 17.3 Å². The third kappa shape index (κ3) is 5.52. The van der Waals surface area contributed by atoms with Gasteiger partial charge >= 0.3 is 0 Å². The second-order valence-corrected chi connectivity index (χ2v) is 7.04. The number of anilines is 2. The number of nitroso groups, excluding NO2 is 1. The number of methoxy groups -OCH3 is 1. The summed E-state index contributed by atoms with van der Waals surface area (Å²) in [5.41, 5.74) is 1.75. The average Bonchev–Trinajstić information content (AvgIpc) is 2.76. The lowest BCUT2D eigenvalue weighted by molar-refractivity contribution is 0.0941. The molecule has 1 aliphatic heterocycles. The minimum atomic E-state index is -0.124. The van der Waals surface area contributed by atoms with Crippen LogP contribution in [0, 0.1) is 4.91 Å². The maximum Gasteiger partial charge on any atom is 0.251 e. The number of ether oxygens (including phenoxy) is 1. The summed E-state index contributed by atoms with van der Waals surface area (Å²) in [6.07, 6.45) is 0. The van der Waals surface area contributed by atoms with Gasteiger partial charge < -0.3 is 15.0 Å². The van der Waals surface area contributed by atoms with Crippen molar-refractivity contribution in [2.45, 2.75) is 0 Å². The van der Waals surface area contributed by atoms with Gasteiger partial charge in [-0.1, -0.05) is 0 Å². The Bertz CT molecular complexity index is 802. The third-order valence-corrected chi connectivity index (χ3v) is 5.08. The molecule has 0 saturated carbocycles. The summed E-state index contributed by atoms with van der Waals surface area (Å²) in [6.45, 7) is 5.63. The maximum absolute atomic E-state index is 12.4. The molecule has 8 nitrogen and oxygen atoms in total.